The molecule has 0 spiro atoms. The number of anilines is 1. The molecule has 2 aromatic rings. The Morgan fingerprint density at radius 1 is 1.17 bits per heavy atom. The number of nitrogens with two attached hydrogens (primary N) is 1. The first-order chi connectivity index (χ1) is 13.9. The van der Waals surface area contributed by atoms with Gasteiger partial charge in [-0.05, 0) is 56.0 Å². The Morgan fingerprint density at radius 3 is 2.66 bits per heavy atom. The van der Waals surface area contributed by atoms with E-state index in [1.165, 1.54) is 12.1 Å². The molecule has 2 aliphatic rings. The number of ketones is 1. The third-order valence-electron chi connectivity index (χ3n) is 5.72. The highest BCUT2D eigenvalue weighted by atomic mass is 19.1. The third-order valence-corrected chi connectivity index (χ3v) is 5.72. The second-order valence-corrected chi connectivity index (χ2v) is 7.66. The van der Waals surface area contributed by atoms with Crippen molar-refractivity contribution in [3.8, 4) is 6.07 Å². The number of carbonyl (C=O) groups is 1. The van der Waals surface area contributed by atoms with E-state index >= 15 is 0 Å². The molecule has 146 valence electrons. The van der Waals surface area contributed by atoms with Crippen molar-refractivity contribution >= 4 is 11.5 Å². The molecule has 0 fully saturated rings. The van der Waals surface area contributed by atoms with Gasteiger partial charge in [-0.25, -0.2) is 4.39 Å². The van der Waals surface area contributed by atoms with Crippen molar-refractivity contribution in [1.29, 1.82) is 5.26 Å². The van der Waals surface area contributed by atoms with Crippen LogP contribution in [0.2, 0.25) is 0 Å². The van der Waals surface area contributed by atoms with Crippen LogP contribution < -0.4 is 10.6 Å². The van der Waals surface area contributed by atoms with Crippen LogP contribution in [-0.4, -0.2) is 5.78 Å². The number of hydrogen-bond acceptors (Lipinski definition) is 4. The Labute approximate surface area is 169 Å². The number of hydrogen-bond donors (Lipinski definition) is 1. The van der Waals surface area contributed by atoms with E-state index in [4.69, 9.17) is 5.73 Å². The van der Waals surface area contributed by atoms with Crippen molar-refractivity contribution in [2.45, 2.75) is 39.0 Å². The smallest absolute Gasteiger partial charge is 0.161 e. The highest BCUT2D eigenvalue weighted by Gasteiger charge is 2.40. The second kappa shape index (κ2) is 7.21. The highest BCUT2D eigenvalue weighted by molar-refractivity contribution is 6.01. The molecule has 1 aliphatic heterocycles. The average Bonchev–Trinajstić information content (AvgIpc) is 2.67. The van der Waals surface area contributed by atoms with E-state index in [0.29, 0.717) is 36.1 Å². The third kappa shape index (κ3) is 3.11. The number of allylic oxidation sites excluding steroid dienone is 3. The predicted octanol–water partition coefficient (Wildman–Crippen LogP) is 4.75. The van der Waals surface area contributed by atoms with Gasteiger partial charge in [0, 0.05) is 17.7 Å². The summed E-state index contributed by atoms with van der Waals surface area (Å²) in [5.74, 6) is -0.600. The highest BCUT2D eigenvalue weighted by Crippen LogP contribution is 2.46. The maximum atomic E-state index is 13.9. The lowest BCUT2D eigenvalue weighted by Crippen LogP contribution is -2.38. The first-order valence-corrected chi connectivity index (χ1v) is 9.71. The van der Waals surface area contributed by atoms with Crippen LogP contribution in [0.3, 0.4) is 0 Å². The number of aryl methyl sites for hydroxylation is 2. The number of Topliss-reactive ketones (excluding diaryl/α,β-unsaturated/α-hetero) is 1. The van der Waals surface area contributed by atoms with Crippen LogP contribution in [0.1, 0.15) is 41.9 Å². The molecular formula is C24H22FN3O. The summed E-state index contributed by atoms with van der Waals surface area (Å²) in [6.07, 6.45) is 1.80. The van der Waals surface area contributed by atoms with Gasteiger partial charge in [0.15, 0.2) is 5.78 Å². The van der Waals surface area contributed by atoms with E-state index in [9.17, 15) is 14.4 Å². The van der Waals surface area contributed by atoms with Crippen LogP contribution in [0.5, 0.6) is 0 Å². The van der Waals surface area contributed by atoms with Gasteiger partial charge in [-0.15, -0.1) is 0 Å². The average molecular weight is 387 g/mol. The van der Waals surface area contributed by atoms with Gasteiger partial charge < -0.3 is 5.73 Å². The molecule has 29 heavy (non-hydrogen) atoms. The molecule has 0 aromatic heterocycles. The van der Waals surface area contributed by atoms with Crippen LogP contribution in [0.25, 0.3) is 0 Å². The fourth-order valence-corrected chi connectivity index (χ4v) is 4.46. The molecule has 1 atom stereocenters. The van der Waals surface area contributed by atoms with Gasteiger partial charge in [0.25, 0.3) is 0 Å². The van der Waals surface area contributed by atoms with E-state index in [0.717, 1.165) is 22.4 Å². The number of carbonyl (C=O) groups excluding carboxylic acids is 1. The van der Waals surface area contributed by atoms with E-state index < -0.39 is 11.7 Å². The zero-order chi connectivity index (χ0) is 20.7. The summed E-state index contributed by atoms with van der Waals surface area (Å²) in [6, 6.07) is 14.3. The maximum Gasteiger partial charge on any atom is 0.161 e. The molecule has 4 rings (SSSR count). The zero-order valence-electron chi connectivity index (χ0n) is 16.5. The van der Waals surface area contributed by atoms with Crippen molar-refractivity contribution in [3.05, 3.63) is 87.6 Å². The summed E-state index contributed by atoms with van der Waals surface area (Å²) in [5, 5.41) is 10.0. The molecule has 1 aliphatic carbocycles. The molecule has 0 bridgehead atoms. The van der Waals surface area contributed by atoms with Crippen LogP contribution in [0.15, 0.2) is 65.1 Å². The van der Waals surface area contributed by atoms with Gasteiger partial charge in [-0.2, -0.15) is 5.26 Å². The molecule has 2 aromatic carbocycles. The maximum absolute atomic E-state index is 13.9. The summed E-state index contributed by atoms with van der Waals surface area (Å²) in [4.78, 5) is 14.8. The molecular weight excluding hydrogens is 365 g/mol. The first-order valence-electron chi connectivity index (χ1n) is 9.71. The normalized spacial score (nSPS) is 19.3. The topological polar surface area (TPSA) is 70.1 Å². The minimum absolute atomic E-state index is 0.0258. The molecule has 0 saturated carbocycles. The van der Waals surface area contributed by atoms with Crippen molar-refractivity contribution < 1.29 is 9.18 Å². The van der Waals surface area contributed by atoms with Gasteiger partial charge in [0.1, 0.15) is 11.6 Å². The lowest BCUT2D eigenvalue weighted by molar-refractivity contribution is -0.116. The zero-order valence-corrected chi connectivity index (χ0v) is 16.5. The Balaban J connectivity index is 1.99. The minimum atomic E-state index is -0.492. The molecule has 2 N–H and O–H groups in total. The van der Waals surface area contributed by atoms with Gasteiger partial charge in [-0.3, -0.25) is 9.69 Å². The first kappa shape index (κ1) is 18.9. The number of nitrogens with zero attached hydrogens (tertiary/aromatic N) is 2. The number of halogens is 1. The van der Waals surface area contributed by atoms with E-state index in [1.54, 1.807) is 17.0 Å². The van der Waals surface area contributed by atoms with E-state index in [2.05, 4.69) is 6.07 Å². The van der Waals surface area contributed by atoms with Crippen LogP contribution >= 0.6 is 0 Å². The molecule has 0 saturated heterocycles. The summed E-state index contributed by atoms with van der Waals surface area (Å²) >= 11 is 0. The monoisotopic (exact) mass is 387 g/mol. The van der Waals surface area contributed by atoms with E-state index in [1.807, 2.05) is 32.0 Å². The Kier molecular flexibility index (Phi) is 4.71. The molecule has 0 unspecified atom stereocenters. The quantitative estimate of drug-likeness (QED) is 0.807. The second-order valence-electron chi connectivity index (χ2n) is 7.66. The number of rotatable bonds is 2. The SMILES string of the molecule is Cc1ccc([C@@H]2C(C#N)=C(N)N(c3cccc(F)c3)C3=C2C(=O)CCC3)c(C)c1. The van der Waals surface area contributed by atoms with Crippen LogP contribution in [0, 0.1) is 31.0 Å². The lowest BCUT2D eigenvalue weighted by atomic mass is 9.74. The molecule has 0 amide bonds. The summed E-state index contributed by atoms with van der Waals surface area (Å²) in [6.45, 7) is 4.00. The van der Waals surface area contributed by atoms with Gasteiger partial charge in [0.2, 0.25) is 0 Å². The minimum Gasteiger partial charge on any atom is -0.384 e. The standard InChI is InChI=1S/C24H22FN3O/c1-14-9-10-18(15(2)11-14)22-19(13-26)24(27)28(17-6-3-5-16(25)12-17)20-7-4-8-21(29)23(20)22/h3,5-6,9-12,22H,4,7-8,27H2,1-2H3/t22-/m1/s1. The summed E-state index contributed by atoms with van der Waals surface area (Å²) in [5.41, 5.74) is 11.8. The van der Waals surface area contributed by atoms with Gasteiger partial charge >= 0.3 is 0 Å². The van der Waals surface area contributed by atoms with Crippen LogP contribution in [0.4, 0.5) is 10.1 Å². The molecule has 0 radical (unpaired) electrons. The van der Waals surface area contributed by atoms with Gasteiger partial charge in [-0.1, -0.05) is 29.8 Å². The summed E-state index contributed by atoms with van der Waals surface area (Å²) < 4.78 is 13.9. The largest absolute Gasteiger partial charge is 0.384 e. The summed E-state index contributed by atoms with van der Waals surface area (Å²) in [7, 11) is 0. The molecule has 4 nitrogen and oxygen atoms in total. The van der Waals surface area contributed by atoms with Crippen molar-refractivity contribution in [2.24, 2.45) is 5.73 Å². The fourth-order valence-electron chi connectivity index (χ4n) is 4.46. The molecule has 1 heterocycles. The fraction of sp³-hybridized carbons (Fsp3) is 0.250. The lowest BCUT2D eigenvalue weighted by Gasteiger charge is -2.40. The molecule has 5 heteroatoms. The van der Waals surface area contributed by atoms with Crippen molar-refractivity contribution in [1.82, 2.24) is 0 Å². The van der Waals surface area contributed by atoms with Gasteiger partial charge in [0.05, 0.1) is 23.2 Å². The van der Waals surface area contributed by atoms with Crippen LogP contribution in [-0.2, 0) is 4.79 Å². The Bertz CT molecular complexity index is 1120. The van der Waals surface area contributed by atoms with Crippen molar-refractivity contribution in [2.75, 3.05) is 4.90 Å². The predicted molar refractivity (Wildman–Crippen MR) is 110 cm³/mol. The number of benzene rings is 2. The Morgan fingerprint density at radius 2 is 1.97 bits per heavy atom. The Hall–Kier alpha value is -3.39. The van der Waals surface area contributed by atoms with Crippen molar-refractivity contribution in [3.63, 3.8) is 0 Å². The van der Waals surface area contributed by atoms with E-state index in [-0.39, 0.29) is 11.6 Å². The number of nitriles is 1.